The van der Waals surface area contributed by atoms with Gasteiger partial charge in [-0.15, -0.1) is 11.3 Å². The highest BCUT2D eigenvalue weighted by molar-refractivity contribution is 7.11. The first kappa shape index (κ1) is 14.0. The Morgan fingerprint density at radius 1 is 1.56 bits per heavy atom. The van der Waals surface area contributed by atoms with Gasteiger partial charge in [0, 0.05) is 30.3 Å². The van der Waals surface area contributed by atoms with Gasteiger partial charge in [0.15, 0.2) is 0 Å². The van der Waals surface area contributed by atoms with Gasteiger partial charge < -0.3 is 10.1 Å². The third kappa shape index (κ3) is 3.53. The largest absolute Gasteiger partial charge is 0.375 e. The average molecular weight is 268 g/mol. The zero-order valence-corrected chi connectivity index (χ0v) is 12.5. The normalized spacial score (nSPS) is 28.5. The summed E-state index contributed by atoms with van der Waals surface area (Å²) >= 11 is 1.82. The Balaban J connectivity index is 1.82. The summed E-state index contributed by atoms with van der Waals surface area (Å²) in [4.78, 5) is 5.83. The molecule has 1 aromatic rings. The van der Waals surface area contributed by atoms with Gasteiger partial charge in [-0.3, -0.25) is 0 Å². The summed E-state index contributed by atoms with van der Waals surface area (Å²) in [5.74, 6) is 0. The molecule has 1 fully saturated rings. The van der Waals surface area contributed by atoms with Crippen molar-refractivity contribution in [1.82, 2.24) is 10.3 Å². The first-order valence-corrected chi connectivity index (χ1v) is 7.78. The Hall–Kier alpha value is -0.450. The van der Waals surface area contributed by atoms with Crippen LogP contribution in [0.25, 0.3) is 0 Å². The van der Waals surface area contributed by atoms with Crippen LogP contribution in [0.4, 0.5) is 0 Å². The number of nitrogens with zero attached hydrogens (tertiary/aromatic N) is 1. The van der Waals surface area contributed by atoms with E-state index in [9.17, 15) is 0 Å². The molecule has 0 aliphatic carbocycles. The lowest BCUT2D eigenvalue weighted by Gasteiger charge is -2.38. The van der Waals surface area contributed by atoms with Crippen molar-refractivity contribution in [2.45, 2.75) is 64.6 Å². The molecule has 2 heterocycles. The van der Waals surface area contributed by atoms with Gasteiger partial charge in [0.05, 0.1) is 5.60 Å². The monoisotopic (exact) mass is 268 g/mol. The minimum Gasteiger partial charge on any atom is -0.375 e. The Bertz CT molecular complexity index is 380. The lowest BCUT2D eigenvalue weighted by Crippen LogP contribution is -2.44. The predicted molar refractivity (Wildman–Crippen MR) is 76.0 cm³/mol. The lowest BCUT2D eigenvalue weighted by molar-refractivity contribution is -0.0781. The highest BCUT2D eigenvalue weighted by Crippen LogP contribution is 2.28. The van der Waals surface area contributed by atoms with Gasteiger partial charge in [-0.05, 0) is 32.6 Å². The van der Waals surface area contributed by atoms with Crippen LogP contribution < -0.4 is 5.32 Å². The Morgan fingerprint density at radius 2 is 2.39 bits per heavy atom. The van der Waals surface area contributed by atoms with Gasteiger partial charge in [0.2, 0.25) is 0 Å². The molecule has 0 saturated carbocycles. The third-order valence-corrected chi connectivity index (χ3v) is 4.98. The number of hydrogen-bond donors (Lipinski definition) is 1. The number of thiazole rings is 1. The van der Waals surface area contributed by atoms with E-state index >= 15 is 0 Å². The van der Waals surface area contributed by atoms with E-state index in [-0.39, 0.29) is 5.60 Å². The van der Waals surface area contributed by atoms with Crippen molar-refractivity contribution in [1.29, 1.82) is 0 Å². The second-order valence-electron chi connectivity index (χ2n) is 5.30. The molecule has 2 unspecified atom stereocenters. The summed E-state index contributed by atoms with van der Waals surface area (Å²) in [6, 6.07) is 0.567. The quantitative estimate of drug-likeness (QED) is 0.891. The molecular weight excluding hydrogens is 244 g/mol. The van der Waals surface area contributed by atoms with Crippen molar-refractivity contribution in [3.8, 4) is 0 Å². The first-order chi connectivity index (χ1) is 8.65. The molecule has 2 atom stereocenters. The van der Waals surface area contributed by atoms with Crippen LogP contribution in [-0.2, 0) is 17.7 Å². The fourth-order valence-electron chi connectivity index (χ4n) is 2.38. The molecule has 1 N–H and O–H groups in total. The van der Waals surface area contributed by atoms with E-state index in [4.69, 9.17) is 4.74 Å². The summed E-state index contributed by atoms with van der Waals surface area (Å²) in [7, 11) is 0. The van der Waals surface area contributed by atoms with E-state index in [1.54, 1.807) is 0 Å². The number of ether oxygens (including phenoxy) is 1. The maximum absolute atomic E-state index is 5.87. The molecule has 2 rings (SSSR count). The zero-order chi connectivity index (χ0) is 13.0. The molecule has 0 aromatic carbocycles. The van der Waals surface area contributed by atoms with E-state index in [0.717, 1.165) is 38.8 Å². The molecule has 4 heteroatoms. The van der Waals surface area contributed by atoms with Crippen molar-refractivity contribution < 1.29 is 4.74 Å². The second-order valence-corrected chi connectivity index (χ2v) is 6.50. The molecule has 0 bridgehead atoms. The van der Waals surface area contributed by atoms with E-state index in [1.165, 1.54) is 9.88 Å². The minimum atomic E-state index is 0.0629. The van der Waals surface area contributed by atoms with Crippen molar-refractivity contribution >= 4 is 11.3 Å². The number of rotatable bonds is 5. The van der Waals surface area contributed by atoms with Gasteiger partial charge in [-0.25, -0.2) is 4.98 Å². The Labute approximate surface area is 114 Å². The van der Waals surface area contributed by atoms with Crippen LogP contribution in [0.5, 0.6) is 0 Å². The summed E-state index contributed by atoms with van der Waals surface area (Å²) in [6.45, 7) is 8.38. The first-order valence-electron chi connectivity index (χ1n) is 6.96. The Morgan fingerprint density at radius 3 is 3.06 bits per heavy atom. The van der Waals surface area contributed by atoms with E-state index in [2.05, 4.69) is 31.1 Å². The minimum absolute atomic E-state index is 0.0629. The van der Waals surface area contributed by atoms with Crippen molar-refractivity contribution in [3.63, 3.8) is 0 Å². The van der Waals surface area contributed by atoms with Crippen LogP contribution in [0, 0.1) is 0 Å². The highest BCUT2D eigenvalue weighted by atomic mass is 32.1. The van der Waals surface area contributed by atoms with Crippen LogP contribution in [0.15, 0.2) is 6.20 Å². The molecule has 1 saturated heterocycles. The predicted octanol–water partition coefficient (Wildman–Crippen LogP) is 3.14. The number of aromatic nitrogens is 1. The maximum Gasteiger partial charge on any atom is 0.107 e. The molecule has 1 aliphatic rings. The summed E-state index contributed by atoms with van der Waals surface area (Å²) in [5, 5.41) is 4.84. The molecule has 18 heavy (non-hydrogen) atoms. The maximum atomic E-state index is 5.87. The molecule has 0 amide bonds. The fourth-order valence-corrected chi connectivity index (χ4v) is 3.19. The van der Waals surface area contributed by atoms with Gasteiger partial charge >= 0.3 is 0 Å². The number of nitrogens with one attached hydrogen (secondary N) is 1. The SMILES string of the molecule is CCc1cnc(CNC2CCOC(C)(CC)C2)s1. The van der Waals surface area contributed by atoms with Crippen LogP contribution in [0.1, 0.15) is 49.9 Å². The molecule has 0 spiro atoms. The summed E-state index contributed by atoms with van der Waals surface area (Å²) in [6.07, 6.45) is 6.39. The van der Waals surface area contributed by atoms with E-state index in [0.29, 0.717) is 6.04 Å². The molecule has 1 aromatic heterocycles. The van der Waals surface area contributed by atoms with Crippen LogP contribution >= 0.6 is 11.3 Å². The molecule has 102 valence electrons. The van der Waals surface area contributed by atoms with Crippen LogP contribution in [0.3, 0.4) is 0 Å². The van der Waals surface area contributed by atoms with Crippen LogP contribution in [-0.4, -0.2) is 23.2 Å². The molecule has 1 aliphatic heterocycles. The number of hydrogen-bond acceptors (Lipinski definition) is 4. The standard InChI is InChI=1S/C14H24N2OS/c1-4-12-9-16-13(18-12)10-15-11-6-7-17-14(3,5-2)8-11/h9,11,15H,4-8,10H2,1-3H3. The fraction of sp³-hybridized carbons (Fsp3) is 0.786. The molecular formula is C14H24N2OS. The van der Waals surface area contributed by atoms with Gasteiger partial charge in [-0.2, -0.15) is 0 Å². The van der Waals surface area contributed by atoms with Crippen molar-refractivity contribution in [3.05, 3.63) is 16.1 Å². The second kappa shape index (κ2) is 6.13. The van der Waals surface area contributed by atoms with Gasteiger partial charge in [0.1, 0.15) is 5.01 Å². The topological polar surface area (TPSA) is 34.2 Å². The Kier molecular flexibility index (Phi) is 4.76. The summed E-state index contributed by atoms with van der Waals surface area (Å²) in [5.41, 5.74) is 0.0629. The molecule has 0 radical (unpaired) electrons. The lowest BCUT2D eigenvalue weighted by atomic mass is 9.90. The van der Waals surface area contributed by atoms with Gasteiger partial charge in [0.25, 0.3) is 0 Å². The summed E-state index contributed by atoms with van der Waals surface area (Å²) < 4.78 is 5.87. The third-order valence-electron chi connectivity index (χ3n) is 3.83. The van der Waals surface area contributed by atoms with Gasteiger partial charge in [-0.1, -0.05) is 13.8 Å². The van der Waals surface area contributed by atoms with E-state index < -0.39 is 0 Å². The zero-order valence-electron chi connectivity index (χ0n) is 11.7. The van der Waals surface area contributed by atoms with Crippen LogP contribution in [0.2, 0.25) is 0 Å². The van der Waals surface area contributed by atoms with Crippen molar-refractivity contribution in [2.24, 2.45) is 0 Å². The van der Waals surface area contributed by atoms with Crippen molar-refractivity contribution in [2.75, 3.05) is 6.61 Å². The smallest absolute Gasteiger partial charge is 0.107 e. The number of aryl methyl sites for hydroxylation is 1. The van der Waals surface area contributed by atoms with E-state index in [1.807, 2.05) is 17.5 Å². The average Bonchev–Trinajstić information content (AvgIpc) is 2.85. The highest BCUT2D eigenvalue weighted by Gasteiger charge is 2.31. The molecule has 3 nitrogen and oxygen atoms in total.